The molecule has 3 aromatic rings. The summed E-state index contributed by atoms with van der Waals surface area (Å²) in [6, 6.07) is 12.5. The number of carbonyl (C=O) groups excluding carboxylic acids is 2. The standard InChI is InChI=1S/C26H29Cl2N5O2/c1-2-3-24-21(15-30-33(24)20-11-5-17(27)6-12-20)26(35)32-23-14-16(4-13-22(23)28)25(34)31-19-9-7-18(29)8-10-19/h4-6,11-15,18-19H,2-3,7-10,29H2,1H3,(H,31,34)(H,32,35). The first-order valence-electron chi connectivity index (χ1n) is 11.9. The zero-order chi connectivity index (χ0) is 24.9. The van der Waals surface area contributed by atoms with Crippen LogP contribution in [0.15, 0.2) is 48.7 Å². The van der Waals surface area contributed by atoms with E-state index in [0.29, 0.717) is 33.3 Å². The maximum atomic E-state index is 13.2. The van der Waals surface area contributed by atoms with E-state index in [2.05, 4.69) is 15.7 Å². The molecule has 0 aliphatic heterocycles. The molecule has 0 bridgehead atoms. The Bertz CT molecular complexity index is 1200. The second kappa shape index (κ2) is 11.2. The Labute approximate surface area is 215 Å². The number of anilines is 1. The van der Waals surface area contributed by atoms with Crippen LogP contribution in [0.1, 0.15) is 65.4 Å². The van der Waals surface area contributed by atoms with Gasteiger partial charge >= 0.3 is 0 Å². The summed E-state index contributed by atoms with van der Waals surface area (Å²) in [4.78, 5) is 26.0. The van der Waals surface area contributed by atoms with E-state index < -0.39 is 0 Å². The zero-order valence-electron chi connectivity index (χ0n) is 19.6. The van der Waals surface area contributed by atoms with E-state index in [1.165, 1.54) is 0 Å². The van der Waals surface area contributed by atoms with Gasteiger partial charge in [-0.15, -0.1) is 0 Å². The van der Waals surface area contributed by atoms with Gasteiger partial charge in [0.15, 0.2) is 0 Å². The molecule has 35 heavy (non-hydrogen) atoms. The summed E-state index contributed by atoms with van der Waals surface area (Å²) in [6.45, 7) is 2.04. The van der Waals surface area contributed by atoms with Gasteiger partial charge in [-0.1, -0.05) is 36.5 Å². The summed E-state index contributed by atoms with van der Waals surface area (Å²) in [5.74, 6) is -0.533. The number of nitrogens with one attached hydrogen (secondary N) is 2. The highest BCUT2D eigenvalue weighted by atomic mass is 35.5. The topological polar surface area (TPSA) is 102 Å². The number of hydrogen-bond acceptors (Lipinski definition) is 4. The molecule has 9 heteroatoms. The van der Waals surface area contributed by atoms with Crippen LogP contribution in [-0.4, -0.2) is 33.7 Å². The number of carbonyl (C=O) groups is 2. The third kappa shape index (κ3) is 6.04. The van der Waals surface area contributed by atoms with Gasteiger partial charge in [0.25, 0.3) is 11.8 Å². The molecular weight excluding hydrogens is 485 g/mol. The molecule has 184 valence electrons. The quantitative estimate of drug-likeness (QED) is 0.394. The number of benzene rings is 2. The largest absolute Gasteiger partial charge is 0.349 e. The lowest BCUT2D eigenvalue weighted by Crippen LogP contribution is -2.40. The van der Waals surface area contributed by atoms with Crippen LogP contribution >= 0.6 is 23.2 Å². The average Bonchev–Trinajstić information content (AvgIpc) is 3.26. The molecule has 1 fully saturated rings. The van der Waals surface area contributed by atoms with Crippen molar-refractivity contribution < 1.29 is 9.59 Å². The van der Waals surface area contributed by atoms with E-state index in [9.17, 15) is 9.59 Å². The van der Waals surface area contributed by atoms with E-state index >= 15 is 0 Å². The summed E-state index contributed by atoms with van der Waals surface area (Å²) in [7, 11) is 0. The fourth-order valence-corrected chi connectivity index (χ4v) is 4.62. The Morgan fingerprint density at radius 1 is 1.06 bits per heavy atom. The van der Waals surface area contributed by atoms with E-state index in [0.717, 1.165) is 43.5 Å². The number of halogens is 2. The molecule has 4 N–H and O–H groups in total. The van der Waals surface area contributed by atoms with Crippen molar-refractivity contribution in [2.75, 3.05) is 5.32 Å². The molecule has 1 aliphatic rings. The summed E-state index contributed by atoms with van der Waals surface area (Å²) < 4.78 is 1.75. The molecule has 1 saturated carbocycles. The van der Waals surface area contributed by atoms with Crippen LogP contribution in [-0.2, 0) is 6.42 Å². The van der Waals surface area contributed by atoms with Crippen LogP contribution in [0.5, 0.6) is 0 Å². The lowest BCUT2D eigenvalue weighted by Gasteiger charge is -2.26. The van der Waals surface area contributed by atoms with Crippen LogP contribution < -0.4 is 16.4 Å². The highest BCUT2D eigenvalue weighted by molar-refractivity contribution is 6.34. The van der Waals surface area contributed by atoms with Crippen LogP contribution in [0, 0.1) is 0 Å². The summed E-state index contributed by atoms with van der Waals surface area (Å²) >= 11 is 12.4. The monoisotopic (exact) mass is 513 g/mol. The molecule has 0 unspecified atom stereocenters. The number of nitrogens with two attached hydrogens (primary N) is 1. The van der Waals surface area contributed by atoms with Crippen molar-refractivity contribution in [2.45, 2.75) is 57.5 Å². The molecule has 1 heterocycles. The lowest BCUT2D eigenvalue weighted by atomic mass is 9.91. The van der Waals surface area contributed by atoms with Crippen molar-refractivity contribution in [3.05, 3.63) is 75.5 Å². The zero-order valence-corrected chi connectivity index (χ0v) is 21.1. The summed E-state index contributed by atoms with van der Waals surface area (Å²) in [5, 5.41) is 11.3. The van der Waals surface area contributed by atoms with Gasteiger partial charge in [-0.25, -0.2) is 4.68 Å². The summed E-state index contributed by atoms with van der Waals surface area (Å²) in [6.07, 6.45) is 6.57. The molecule has 0 saturated heterocycles. The second-order valence-electron chi connectivity index (χ2n) is 8.88. The normalized spacial score (nSPS) is 17.7. The van der Waals surface area contributed by atoms with Gasteiger partial charge in [0.05, 0.1) is 33.9 Å². The van der Waals surface area contributed by atoms with Crippen molar-refractivity contribution in [1.82, 2.24) is 15.1 Å². The first-order valence-corrected chi connectivity index (χ1v) is 12.6. The minimum atomic E-state index is -0.339. The maximum Gasteiger partial charge on any atom is 0.259 e. The SMILES string of the molecule is CCCc1c(C(=O)Nc2cc(C(=O)NC3CCC(N)CC3)ccc2Cl)cnn1-c1ccc(Cl)cc1. The van der Waals surface area contributed by atoms with E-state index in [1.54, 1.807) is 41.2 Å². The molecule has 0 radical (unpaired) electrons. The van der Waals surface area contributed by atoms with E-state index in [4.69, 9.17) is 28.9 Å². The fraction of sp³-hybridized carbons (Fsp3) is 0.346. The Morgan fingerprint density at radius 2 is 1.77 bits per heavy atom. The molecule has 0 atom stereocenters. The van der Waals surface area contributed by atoms with Crippen molar-refractivity contribution in [2.24, 2.45) is 5.73 Å². The van der Waals surface area contributed by atoms with Gasteiger partial charge in [0, 0.05) is 22.7 Å². The third-order valence-electron chi connectivity index (χ3n) is 6.26. The lowest BCUT2D eigenvalue weighted by molar-refractivity contribution is 0.0925. The Balaban J connectivity index is 1.52. The number of aromatic nitrogens is 2. The molecule has 0 spiro atoms. The number of nitrogens with zero attached hydrogens (tertiary/aromatic N) is 2. The highest BCUT2D eigenvalue weighted by Crippen LogP contribution is 2.26. The third-order valence-corrected chi connectivity index (χ3v) is 6.84. The molecular formula is C26H29Cl2N5O2. The Morgan fingerprint density at radius 3 is 2.46 bits per heavy atom. The second-order valence-corrected chi connectivity index (χ2v) is 9.72. The maximum absolute atomic E-state index is 13.2. The van der Waals surface area contributed by atoms with Gasteiger partial charge in [-0.2, -0.15) is 5.10 Å². The van der Waals surface area contributed by atoms with Crippen LogP contribution in [0.25, 0.3) is 5.69 Å². The predicted octanol–water partition coefficient (Wildman–Crippen LogP) is 5.38. The van der Waals surface area contributed by atoms with Crippen molar-refractivity contribution >= 4 is 40.7 Å². The first kappa shape index (κ1) is 25.2. The van der Waals surface area contributed by atoms with E-state index in [-0.39, 0.29) is 23.9 Å². The van der Waals surface area contributed by atoms with Gasteiger partial charge in [-0.05, 0) is 74.6 Å². The first-order chi connectivity index (χ1) is 16.9. The molecule has 2 aromatic carbocycles. The van der Waals surface area contributed by atoms with Crippen molar-refractivity contribution in [1.29, 1.82) is 0 Å². The number of amides is 2. The van der Waals surface area contributed by atoms with Crippen molar-refractivity contribution in [3.63, 3.8) is 0 Å². The van der Waals surface area contributed by atoms with E-state index in [1.807, 2.05) is 19.1 Å². The van der Waals surface area contributed by atoms with Crippen molar-refractivity contribution in [3.8, 4) is 5.69 Å². The number of rotatable bonds is 7. The van der Waals surface area contributed by atoms with Gasteiger partial charge in [0.2, 0.25) is 0 Å². The molecule has 2 amide bonds. The molecule has 1 aromatic heterocycles. The average molecular weight is 514 g/mol. The molecule has 4 rings (SSSR count). The Hall–Kier alpha value is -2.87. The molecule has 7 nitrogen and oxygen atoms in total. The minimum Gasteiger partial charge on any atom is -0.349 e. The predicted molar refractivity (Wildman–Crippen MR) is 140 cm³/mol. The summed E-state index contributed by atoms with van der Waals surface area (Å²) in [5.41, 5.74) is 8.82. The fourth-order valence-electron chi connectivity index (χ4n) is 4.33. The number of hydrogen-bond donors (Lipinski definition) is 3. The smallest absolute Gasteiger partial charge is 0.259 e. The molecule has 1 aliphatic carbocycles. The Kier molecular flexibility index (Phi) is 8.11. The highest BCUT2D eigenvalue weighted by Gasteiger charge is 2.22. The van der Waals surface area contributed by atoms with Crippen LogP contribution in [0.2, 0.25) is 10.0 Å². The van der Waals surface area contributed by atoms with Crippen LogP contribution in [0.4, 0.5) is 5.69 Å². The van der Waals surface area contributed by atoms with Gasteiger partial charge in [-0.3, -0.25) is 9.59 Å². The van der Waals surface area contributed by atoms with Gasteiger partial charge in [0.1, 0.15) is 0 Å². The van der Waals surface area contributed by atoms with Gasteiger partial charge < -0.3 is 16.4 Å². The van der Waals surface area contributed by atoms with Crippen LogP contribution in [0.3, 0.4) is 0 Å². The minimum absolute atomic E-state index is 0.103.